The lowest BCUT2D eigenvalue weighted by Gasteiger charge is -2.08. The molecule has 0 spiro atoms. The van der Waals surface area contributed by atoms with Gasteiger partial charge in [-0.05, 0) is 31.0 Å². The second-order valence-electron chi connectivity index (χ2n) is 4.04. The van der Waals surface area contributed by atoms with E-state index >= 15 is 0 Å². The van der Waals surface area contributed by atoms with E-state index in [1.807, 2.05) is 32.0 Å². The average molecular weight is 243 g/mol. The van der Waals surface area contributed by atoms with Crippen LogP contribution < -0.4 is 5.32 Å². The van der Waals surface area contributed by atoms with E-state index in [4.69, 9.17) is 5.11 Å². The molecular weight excluding hydrogens is 230 g/mol. The van der Waals surface area contributed by atoms with Crippen LogP contribution in [0.2, 0.25) is 0 Å². The Morgan fingerprint density at radius 3 is 2.50 bits per heavy atom. The second kappa shape index (κ2) is 4.83. The fraction of sp³-hybridized carbons (Fsp3) is 0.154. The quantitative estimate of drug-likeness (QED) is 0.866. The molecule has 5 heteroatoms. The Hall–Kier alpha value is -2.43. The Balaban J connectivity index is 2.23. The number of carboxylic acids is 1. The summed E-state index contributed by atoms with van der Waals surface area (Å²) in [6.45, 7) is 3.98. The molecule has 0 bridgehead atoms. The van der Waals surface area contributed by atoms with Gasteiger partial charge in [-0.3, -0.25) is 0 Å². The predicted molar refractivity (Wildman–Crippen MR) is 68.2 cm³/mol. The molecule has 18 heavy (non-hydrogen) atoms. The molecule has 0 aliphatic carbocycles. The molecule has 2 N–H and O–H groups in total. The minimum atomic E-state index is -1.03. The third-order valence-corrected chi connectivity index (χ3v) is 2.54. The van der Waals surface area contributed by atoms with Gasteiger partial charge in [0.25, 0.3) is 0 Å². The van der Waals surface area contributed by atoms with Crippen molar-refractivity contribution in [2.45, 2.75) is 13.8 Å². The number of benzene rings is 1. The molecule has 2 rings (SSSR count). The van der Waals surface area contributed by atoms with Crippen LogP contribution in [0.25, 0.3) is 0 Å². The number of nitrogens with one attached hydrogen (secondary N) is 1. The van der Waals surface area contributed by atoms with E-state index in [9.17, 15) is 4.79 Å². The van der Waals surface area contributed by atoms with Gasteiger partial charge in [-0.1, -0.05) is 12.1 Å². The number of aromatic nitrogens is 2. The maximum Gasteiger partial charge on any atom is 0.338 e. The third kappa shape index (κ3) is 2.63. The Bertz CT molecular complexity index is 579. The van der Waals surface area contributed by atoms with Gasteiger partial charge in [-0.2, -0.15) is 0 Å². The standard InChI is InChI=1S/C13H13N3O2/c1-8-3-4-9(2)11(5-8)16-13-14-6-10(7-15-13)12(17)18/h3-7H,1-2H3,(H,17,18)(H,14,15,16). The van der Waals surface area contributed by atoms with Crippen LogP contribution in [-0.2, 0) is 0 Å². The van der Waals surface area contributed by atoms with Gasteiger partial charge in [0, 0.05) is 18.1 Å². The number of aromatic carboxylic acids is 1. The summed E-state index contributed by atoms with van der Waals surface area (Å²) in [5.41, 5.74) is 3.19. The molecule has 0 fully saturated rings. The van der Waals surface area contributed by atoms with Gasteiger partial charge in [0.1, 0.15) is 0 Å². The van der Waals surface area contributed by atoms with Gasteiger partial charge in [0.15, 0.2) is 0 Å². The second-order valence-corrected chi connectivity index (χ2v) is 4.04. The topological polar surface area (TPSA) is 75.1 Å². The smallest absolute Gasteiger partial charge is 0.338 e. The van der Waals surface area contributed by atoms with Gasteiger partial charge in [-0.15, -0.1) is 0 Å². The molecule has 1 heterocycles. The Morgan fingerprint density at radius 1 is 1.22 bits per heavy atom. The molecule has 2 aromatic rings. The molecule has 0 saturated carbocycles. The van der Waals surface area contributed by atoms with Crippen LogP contribution >= 0.6 is 0 Å². The zero-order chi connectivity index (χ0) is 13.1. The van der Waals surface area contributed by atoms with Crippen LogP contribution in [0.3, 0.4) is 0 Å². The lowest BCUT2D eigenvalue weighted by atomic mass is 10.1. The van der Waals surface area contributed by atoms with E-state index in [1.54, 1.807) is 0 Å². The number of hydrogen-bond acceptors (Lipinski definition) is 4. The van der Waals surface area contributed by atoms with Gasteiger partial charge in [0.2, 0.25) is 5.95 Å². The van der Waals surface area contributed by atoms with E-state index in [0.717, 1.165) is 16.8 Å². The van der Waals surface area contributed by atoms with Gasteiger partial charge in [-0.25, -0.2) is 14.8 Å². The molecule has 0 radical (unpaired) electrons. The molecule has 0 aliphatic rings. The Labute approximate surface area is 105 Å². The summed E-state index contributed by atoms with van der Waals surface area (Å²) in [6, 6.07) is 6.02. The first-order chi connectivity index (χ1) is 8.56. The first kappa shape index (κ1) is 12.0. The molecule has 0 saturated heterocycles. The Morgan fingerprint density at radius 2 is 1.89 bits per heavy atom. The third-order valence-electron chi connectivity index (χ3n) is 2.54. The first-order valence-electron chi connectivity index (χ1n) is 5.46. The normalized spacial score (nSPS) is 10.1. The largest absolute Gasteiger partial charge is 0.478 e. The van der Waals surface area contributed by atoms with Crippen LogP contribution in [0.5, 0.6) is 0 Å². The lowest BCUT2D eigenvalue weighted by molar-refractivity contribution is 0.0696. The van der Waals surface area contributed by atoms with Crippen molar-refractivity contribution in [1.29, 1.82) is 0 Å². The maximum atomic E-state index is 10.7. The van der Waals surface area contributed by atoms with Crippen molar-refractivity contribution in [3.8, 4) is 0 Å². The number of hydrogen-bond donors (Lipinski definition) is 2. The van der Waals surface area contributed by atoms with Crippen molar-refractivity contribution >= 4 is 17.6 Å². The van der Waals surface area contributed by atoms with Crippen molar-refractivity contribution in [2.75, 3.05) is 5.32 Å². The molecule has 0 aliphatic heterocycles. The molecule has 1 aromatic heterocycles. The first-order valence-corrected chi connectivity index (χ1v) is 5.46. The fourth-order valence-electron chi connectivity index (χ4n) is 1.49. The minimum absolute atomic E-state index is 0.0708. The SMILES string of the molecule is Cc1ccc(C)c(Nc2ncc(C(=O)O)cn2)c1. The number of carboxylic acid groups (broad SMARTS) is 1. The van der Waals surface area contributed by atoms with Gasteiger partial charge in [0.05, 0.1) is 5.56 Å². The minimum Gasteiger partial charge on any atom is -0.478 e. The molecule has 92 valence electrons. The van der Waals surface area contributed by atoms with Crippen molar-refractivity contribution in [2.24, 2.45) is 0 Å². The van der Waals surface area contributed by atoms with Crippen LogP contribution in [0, 0.1) is 13.8 Å². The highest BCUT2D eigenvalue weighted by Gasteiger charge is 2.05. The molecule has 0 atom stereocenters. The highest BCUT2D eigenvalue weighted by molar-refractivity contribution is 5.86. The summed E-state index contributed by atoms with van der Waals surface area (Å²) in [4.78, 5) is 18.6. The zero-order valence-electron chi connectivity index (χ0n) is 10.1. The van der Waals surface area contributed by atoms with Crippen LogP contribution in [-0.4, -0.2) is 21.0 Å². The molecule has 1 aromatic carbocycles. The average Bonchev–Trinajstić information content (AvgIpc) is 2.34. The molecular formula is C13H13N3O2. The summed E-state index contributed by atoms with van der Waals surface area (Å²) in [7, 11) is 0. The van der Waals surface area contributed by atoms with E-state index in [1.165, 1.54) is 12.4 Å². The highest BCUT2D eigenvalue weighted by Crippen LogP contribution is 2.19. The number of aryl methyl sites for hydroxylation is 2. The van der Waals surface area contributed by atoms with Crippen molar-refractivity contribution in [1.82, 2.24) is 9.97 Å². The summed E-state index contributed by atoms with van der Waals surface area (Å²) < 4.78 is 0. The summed E-state index contributed by atoms with van der Waals surface area (Å²) in [6.07, 6.45) is 2.56. The van der Waals surface area contributed by atoms with Crippen LogP contribution in [0.1, 0.15) is 21.5 Å². The van der Waals surface area contributed by atoms with Gasteiger partial charge < -0.3 is 10.4 Å². The summed E-state index contributed by atoms with van der Waals surface area (Å²) in [5.74, 6) is -0.651. The highest BCUT2D eigenvalue weighted by atomic mass is 16.4. The van der Waals surface area contributed by atoms with Gasteiger partial charge >= 0.3 is 5.97 Å². The lowest BCUT2D eigenvalue weighted by Crippen LogP contribution is -2.02. The zero-order valence-corrected chi connectivity index (χ0v) is 10.1. The molecule has 5 nitrogen and oxygen atoms in total. The summed E-state index contributed by atoms with van der Waals surface area (Å²) >= 11 is 0. The number of rotatable bonds is 3. The van der Waals surface area contributed by atoms with E-state index in [0.29, 0.717) is 5.95 Å². The van der Waals surface area contributed by atoms with Crippen molar-refractivity contribution in [3.05, 3.63) is 47.3 Å². The number of carbonyl (C=O) groups is 1. The maximum absolute atomic E-state index is 10.7. The molecule has 0 amide bonds. The van der Waals surface area contributed by atoms with Crippen LogP contribution in [0.4, 0.5) is 11.6 Å². The van der Waals surface area contributed by atoms with Crippen LogP contribution in [0.15, 0.2) is 30.6 Å². The van der Waals surface area contributed by atoms with E-state index < -0.39 is 5.97 Å². The monoisotopic (exact) mass is 243 g/mol. The molecule has 0 unspecified atom stereocenters. The number of anilines is 2. The predicted octanol–water partition coefficient (Wildman–Crippen LogP) is 2.54. The van der Waals surface area contributed by atoms with Crippen molar-refractivity contribution < 1.29 is 9.90 Å². The summed E-state index contributed by atoms with van der Waals surface area (Å²) in [5, 5.41) is 11.8. The van der Waals surface area contributed by atoms with E-state index in [2.05, 4.69) is 15.3 Å². The van der Waals surface area contributed by atoms with Crippen molar-refractivity contribution in [3.63, 3.8) is 0 Å². The van der Waals surface area contributed by atoms with E-state index in [-0.39, 0.29) is 5.56 Å². The number of nitrogens with zero attached hydrogens (tertiary/aromatic N) is 2. The Kier molecular flexibility index (Phi) is 3.23. The fourth-order valence-corrected chi connectivity index (χ4v) is 1.49.